The summed E-state index contributed by atoms with van der Waals surface area (Å²) in [6.07, 6.45) is 5.55. The molecule has 0 radical (unpaired) electrons. The van der Waals surface area contributed by atoms with Gasteiger partial charge in [0.1, 0.15) is 6.04 Å². The molecule has 0 bridgehead atoms. The van der Waals surface area contributed by atoms with E-state index in [2.05, 4.69) is 20.8 Å². The van der Waals surface area contributed by atoms with Crippen LogP contribution in [0.3, 0.4) is 0 Å². The largest absolute Gasteiger partial charge is 0.418 e. The Morgan fingerprint density at radius 1 is 1.00 bits per heavy atom. The molecule has 150 valence electrons. The first-order valence-electron chi connectivity index (χ1n) is 9.90. The van der Waals surface area contributed by atoms with E-state index in [-0.39, 0.29) is 12.1 Å². The van der Waals surface area contributed by atoms with E-state index in [1.165, 1.54) is 6.42 Å². The molecule has 0 spiro atoms. The average molecular weight is 411 g/mol. The highest BCUT2D eigenvalue weighted by molar-refractivity contribution is 6.30. The fourth-order valence-corrected chi connectivity index (χ4v) is 3.72. The van der Waals surface area contributed by atoms with Crippen LogP contribution >= 0.6 is 11.6 Å². The maximum absolute atomic E-state index is 12.7. The van der Waals surface area contributed by atoms with Crippen LogP contribution in [-0.4, -0.2) is 22.3 Å². The maximum atomic E-state index is 12.7. The van der Waals surface area contributed by atoms with Crippen molar-refractivity contribution in [2.45, 2.75) is 44.2 Å². The molecule has 2 aromatic carbocycles. The zero-order valence-corrected chi connectivity index (χ0v) is 16.7. The van der Waals surface area contributed by atoms with Gasteiger partial charge >= 0.3 is 6.03 Å². The van der Waals surface area contributed by atoms with E-state index in [9.17, 15) is 4.79 Å². The fraction of sp³-hybridized carbons (Fsp3) is 0.318. The van der Waals surface area contributed by atoms with Crippen LogP contribution in [0, 0.1) is 0 Å². The number of nitrogens with zero attached hydrogens (tertiary/aromatic N) is 2. The lowest BCUT2D eigenvalue weighted by molar-refractivity contribution is 0.228. The van der Waals surface area contributed by atoms with Gasteiger partial charge in [0.25, 0.3) is 0 Å². The predicted molar refractivity (Wildman–Crippen MR) is 112 cm³/mol. The van der Waals surface area contributed by atoms with Crippen LogP contribution in [0.4, 0.5) is 4.79 Å². The molecule has 7 heteroatoms. The lowest BCUT2D eigenvalue weighted by Gasteiger charge is -2.24. The molecule has 1 atom stereocenters. The van der Waals surface area contributed by atoms with Gasteiger partial charge in [0.2, 0.25) is 11.8 Å². The number of urea groups is 1. The highest BCUT2D eigenvalue weighted by Gasteiger charge is 2.25. The molecule has 6 nitrogen and oxygen atoms in total. The van der Waals surface area contributed by atoms with Gasteiger partial charge in [-0.3, -0.25) is 0 Å². The first-order valence-corrected chi connectivity index (χ1v) is 10.3. The van der Waals surface area contributed by atoms with Crippen molar-refractivity contribution in [3.05, 3.63) is 71.1 Å². The summed E-state index contributed by atoms with van der Waals surface area (Å²) in [7, 11) is 0. The SMILES string of the molecule is O=C(NC1CCCCC1)N[C@H](c1ccc(Cl)cc1)c1nnc(-c2ccccc2)o1. The van der Waals surface area contributed by atoms with Crippen LogP contribution in [0.5, 0.6) is 0 Å². The Hall–Kier alpha value is -2.86. The van der Waals surface area contributed by atoms with Crippen molar-refractivity contribution in [1.29, 1.82) is 0 Å². The average Bonchev–Trinajstić information content (AvgIpc) is 3.24. The first-order chi connectivity index (χ1) is 14.2. The van der Waals surface area contributed by atoms with Crippen LogP contribution in [0.15, 0.2) is 59.0 Å². The van der Waals surface area contributed by atoms with Crippen molar-refractivity contribution >= 4 is 17.6 Å². The molecule has 1 aliphatic rings. The number of aromatic nitrogens is 2. The van der Waals surface area contributed by atoms with Gasteiger partial charge in [-0.05, 0) is 42.7 Å². The van der Waals surface area contributed by atoms with Crippen LogP contribution in [0.25, 0.3) is 11.5 Å². The number of hydrogen-bond acceptors (Lipinski definition) is 4. The Morgan fingerprint density at radius 3 is 2.45 bits per heavy atom. The van der Waals surface area contributed by atoms with Gasteiger partial charge in [-0.2, -0.15) is 0 Å². The van der Waals surface area contributed by atoms with Gasteiger partial charge in [-0.15, -0.1) is 10.2 Å². The van der Waals surface area contributed by atoms with Crippen LogP contribution in [0.2, 0.25) is 5.02 Å². The van der Waals surface area contributed by atoms with Gasteiger partial charge in [0, 0.05) is 16.6 Å². The minimum Gasteiger partial charge on any atom is -0.418 e. The minimum atomic E-state index is -0.569. The molecule has 0 unspecified atom stereocenters. The summed E-state index contributed by atoms with van der Waals surface area (Å²) in [5.41, 5.74) is 1.64. The van der Waals surface area contributed by atoms with E-state index >= 15 is 0 Å². The second kappa shape index (κ2) is 9.09. The van der Waals surface area contributed by atoms with Crippen LogP contribution in [-0.2, 0) is 0 Å². The number of hydrogen-bond donors (Lipinski definition) is 2. The van der Waals surface area contributed by atoms with Crippen LogP contribution in [0.1, 0.15) is 49.6 Å². The molecule has 4 rings (SSSR count). The number of halogens is 1. The summed E-state index contributed by atoms with van der Waals surface area (Å²) < 4.78 is 5.91. The zero-order valence-electron chi connectivity index (χ0n) is 16.0. The van der Waals surface area contributed by atoms with Crippen LogP contribution < -0.4 is 10.6 Å². The molecule has 1 aliphatic carbocycles. The molecule has 1 heterocycles. The molecule has 3 aromatic rings. The van der Waals surface area contributed by atoms with E-state index < -0.39 is 6.04 Å². The second-order valence-electron chi connectivity index (χ2n) is 7.25. The Labute approximate surface area is 174 Å². The topological polar surface area (TPSA) is 80.0 Å². The van der Waals surface area contributed by atoms with Crippen molar-refractivity contribution in [2.75, 3.05) is 0 Å². The lowest BCUT2D eigenvalue weighted by atomic mass is 9.96. The van der Waals surface area contributed by atoms with Gasteiger partial charge in [0.15, 0.2) is 0 Å². The van der Waals surface area contributed by atoms with Gasteiger partial charge in [0.05, 0.1) is 0 Å². The minimum absolute atomic E-state index is 0.206. The third-order valence-electron chi connectivity index (χ3n) is 5.13. The number of carbonyl (C=O) groups is 1. The molecule has 0 saturated heterocycles. The standard InChI is InChI=1S/C22H23ClN4O2/c23-17-13-11-15(12-14-17)19(25-22(28)24-18-9-5-2-6-10-18)21-27-26-20(29-21)16-7-3-1-4-8-16/h1,3-4,7-8,11-14,18-19H,2,5-6,9-10H2,(H2,24,25,28)/t19-/m1/s1. The molecule has 0 aliphatic heterocycles. The number of benzene rings is 2. The molecule has 1 fully saturated rings. The van der Waals surface area contributed by atoms with Crippen molar-refractivity contribution < 1.29 is 9.21 Å². The Kier molecular flexibility index (Phi) is 6.10. The highest BCUT2D eigenvalue weighted by atomic mass is 35.5. The third kappa shape index (κ3) is 4.95. The Morgan fingerprint density at radius 2 is 1.72 bits per heavy atom. The highest BCUT2D eigenvalue weighted by Crippen LogP contribution is 2.26. The normalized spacial score (nSPS) is 15.6. The number of nitrogens with one attached hydrogen (secondary N) is 2. The van der Waals surface area contributed by atoms with Gasteiger partial charge in [-0.25, -0.2) is 4.79 Å². The summed E-state index contributed by atoms with van der Waals surface area (Å²) in [4.78, 5) is 12.7. The molecular formula is C22H23ClN4O2. The van der Waals surface area contributed by atoms with E-state index in [1.807, 2.05) is 42.5 Å². The fourth-order valence-electron chi connectivity index (χ4n) is 3.60. The predicted octanol–water partition coefficient (Wildman–Crippen LogP) is 5.11. The van der Waals surface area contributed by atoms with Crippen molar-refractivity contribution in [3.8, 4) is 11.5 Å². The summed E-state index contributed by atoms with van der Waals surface area (Å²) in [5, 5.41) is 15.0. The first kappa shape index (κ1) is 19.5. The summed E-state index contributed by atoms with van der Waals surface area (Å²) in [5.74, 6) is 0.735. The lowest BCUT2D eigenvalue weighted by Crippen LogP contribution is -2.44. The Balaban J connectivity index is 1.56. The number of carbonyl (C=O) groups excluding carboxylic acids is 1. The molecular weight excluding hydrogens is 388 g/mol. The zero-order chi connectivity index (χ0) is 20.1. The van der Waals surface area contributed by atoms with E-state index in [0.717, 1.165) is 36.8 Å². The van der Waals surface area contributed by atoms with E-state index in [0.29, 0.717) is 16.8 Å². The molecule has 1 aromatic heterocycles. The van der Waals surface area contributed by atoms with E-state index in [1.54, 1.807) is 12.1 Å². The molecule has 2 amide bonds. The monoisotopic (exact) mass is 410 g/mol. The summed E-state index contributed by atoms with van der Waals surface area (Å²) >= 11 is 6.03. The number of amides is 2. The van der Waals surface area contributed by atoms with Crippen molar-refractivity contribution in [1.82, 2.24) is 20.8 Å². The van der Waals surface area contributed by atoms with Crippen molar-refractivity contribution in [2.24, 2.45) is 0 Å². The second-order valence-corrected chi connectivity index (χ2v) is 7.69. The molecule has 2 N–H and O–H groups in total. The smallest absolute Gasteiger partial charge is 0.315 e. The van der Waals surface area contributed by atoms with Gasteiger partial charge in [-0.1, -0.05) is 61.2 Å². The summed E-state index contributed by atoms with van der Waals surface area (Å²) in [6.45, 7) is 0. The number of rotatable bonds is 5. The quantitative estimate of drug-likeness (QED) is 0.612. The maximum Gasteiger partial charge on any atom is 0.315 e. The third-order valence-corrected chi connectivity index (χ3v) is 5.38. The summed E-state index contributed by atoms with van der Waals surface area (Å²) in [6, 6.07) is 16.2. The molecule has 1 saturated carbocycles. The van der Waals surface area contributed by atoms with E-state index in [4.69, 9.17) is 16.0 Å². The van der Waals surface area contributed by atoms with Crippen molar-refractivity contribution in [3.63, 3.8) is 0 Å². The molecule has 29 heavy (non-hydrogen) atoms. The van der Waals surface area contributed by atoms with Gasteiger partial charge < -0.3 is 15.1 Å². The Bertz CT molecular complexity index is 937.